The minimum Gasteiger partial charge on any atom is -0.359 e. The fourth-order valence-electron chi connectivity index (χ4n) is 1.96. The third kappa shape index (κ3) is 2.60. The van der Waals surface area contributed by atoms with Crippen LogP contribution in [-0.4, -0.2) is 32.1 Å². The van der Waals surface area contributed by atoms with Gasteiger partial charge < -0.3 is 5.32 Å². The number of nitrogens with one attached hydrogen (secondary N) is 1. The van der Waals surface area contributed by atoms with Crippen LogP contribution >= 0.6 is 23.1 Å². The number of rotatable bonds is 4. The van der Waals surface area contributed by atoms with Crippen LogP contribution in [0.5, 0.6) is 0 Å². The van der Waals surface area contributed by atoms with E-state index in [-0.39, 0.29) is 5.41 Å². The molecule has 2 aromatic rings. The van der Waals surface area contributed by atoms with Crippen molar-refractivity contribution < 1.29 is 0 Å². The molecule has 0 saturated heterocycles. The van der Waals surface area contributed by atoms with Gasteiger partial charge in [-0.3, -0.25) is 0 Å². The molecule has 2 heterocycles. The molecule has 2 aromatic heterocycles. The standard InChI is InChI=1S/C13H20N4S2/c1-12(2,3)9-7-17-11(15-9)19-10(16-17)14-8-13(18-4)5-6-13/h7H,5-6,8H2,1-4H3,(H,14,16). The number of anilines is 1. The molecule has 1 aliphatic carbocycles. The maximum absolute atomic E-state index is 4.66. The van der Waals surface area contributed by atoms with Gasteiger partial charge in [0, 0.05) is 16.7 Å². The van der Waals surface area contributed by atoms with Crippen LogP contribution < -0.4 is 5.32 Å². The number of hydrogen-bond donors (Lipinski definition) is 1. The van der Waals surface area contributed by atoms with E-state index in [2.05, 4.69) is 42.4 Å². The number of thioether (sulfide) groups is 1. The van der Waals surface area contributed by atoms with Crippen molar-refractivity contribution in [1.82, 2.24) is 14.6 Å². The van der Waals surface area contributed by atoms with Crippen molar-refractivity contribution in [2.24, 2.45) is 0 Å². The third-order valence-corrected chi connectivity index (χ3v) is 5.91. The molecule has 0 atom stereocenters. The monoisotopic (exact) mass is 296 g/mol. The summed E-state index contributed by atoms with van der Waals surface area (Å²) < 4.78 is 2.36. The van der Waals surface area contributed by atoms with Gasteiger partial charge in [-0.25, -0.2) is 9.50 Å². The van der Waals surface area contributed by atoms with E-state index in [1.54, 1.807) is 11.3 Å². The van der Waals surface area contributed by atoms with Crippen molar-refractivity contribution in [1.29, 1.82) is 0 Å². The summed E-state index contributed by atoms with van der Waals surface area (Å²) >= 11 is 3.60. The van der Waals surface area contributed by atoms with Crippen LogP contribution in [0.4, 0.5) is 5.13 Å². The van der Waals surface area contributed by atoms with Crippen LogP contribution in [0, 0.1) is 0 Å². The summed E-state index contributed by atoms with van der Waals surface area (Å²) in [6, 6.07) is 0. The summed E-state index contributed by atoms with van der Waals surface area (Å²) in [6.07, 6.45) is 6.87. The quantitative estimate of drug-likeness (QED) is 0.939. The topological polar surface area (TPSA) is 42.2 Å². The summed E-state index contributed by atoms with van der Waals surface area (Å²) in [5, 5.41) is 9.00. The number of aromatic nitrogens is 3. The second kappa shape index (κ2) is 4.38. The minimum atomic E-state index is 0.0813. The molecule has 0 spiro atoms. The molecule has 0 aliphatic heterocycles. The molecule has 1 N–H and O–H groups in total. The van der Waals surface area contributed by atoms with Gasteiger partial charge >= 0.3 is 0 Å². The number of imidazole rings is 1. The summed E-state index contributed by atoms with van der Waals surface area (Å²) in [5.41, 5.74) is 1.18. The molecule has 104 valence electrons. The Morgan fingerprint density at radius 2 is 2.21 bits per heavy atom. The Labute approximate surface area is 122 Å². The Balaban J connectivity index is 1.74. The molecule has 0 amide bonds. The first kappa shape index (κ1) is 13.2. The summed E-state index contributed by atoms with van der Waals surface area (Å²) in [5.74, 6) is 0. The van der Waals surface area contributed by atoms with Gasteiger partial charge in [0.25, 0.3) is 0 Å². The van der Waals surface area contributed by atoms with E-state index >= 15 is 0 Å². The van der Waals surface area contributed by atoms with Gasteiger partial charge in [0.15, 0.2) is 0 Å². The lowest BCUT2D eigenvalue weighted by Crippen LogP contribution is -2.17. The largest absolute Gasteiger partial charge is 0.359 e. The lowest BCUT2D eigenvalue weighted by molar-refractivity contribution is 0.572. The Morgan fingerprint density at radius 1 is 1.47 bits per heavy atom. The Morgan fingerprint density at radius 3 is 2.74 bits per heavy atom. The van der Waals surface area contributed by atoms with E-state index in [4.69, 9.17) is 0 Å². The Kier molecular flexibility index (Phi) is 3.05. The lowest BCUT2D eigenvalue weighted by Gasteiger charge is -2.13. The van der Waals surface area contributed by atoms with Crippen LogP contribution in [0.25, 0.3) is 4.96 Å². The first-order chi connectivity index (χ1) is 8.92. The zero-order valence-electron chi connectivity index (χ0n) is 11.9. The van der Waals surface area contributed by atoms with E-state index in [1.165, 1.54) is 12.8 Å². The molecular weight excluding hydrogens is 276 g/mol. The second-order valence-corrected chi connectivity index (χ2v) is 8.48. The van der Waals surface area contributed by atoms with Crippen LogP contribution in [0.2, 0.25) is 0 Å². The van der Waals surface area contributed by atoms with Crippen LogP contribution in [-0.2, 0) is 5.41 Å². The Hall–Kier alpha value is -0.750. The van der Waals surface area contributed by atoms with Gasteiger partial charge in [0.2, 0.25) is 10.1 Å². The molecule has 1 aliphatic rings. The summed E-state index contributed by atoms with van der Waals surface area (Å²) in [6.45, 7) is 7.53. The van der Waals surface area contributed by atoms with Crippen molar-refractivity contribution in [3.63, 3.8) is 0 Å². The second-order valence-electron chi connectivity index (χ2n) is 6.25. The lowest BCUT2D eigenvalue weighted by atomic mass is 9.93. The number of nitrogens with zero attached hydrogens (tertiary/aromatic N) is 3. The molecule has 0 unspecified atom stereocenters. The molecule has 0 aromatic carbocycles. The van der Waals surface area contributed by atoms with Crippen molar-refractivity contribution in [2.75, 3.05) is 18.1 Å². The maximum Gasteiger partial charge on any atom is 0.214 e. The molecule has 0 bridgehead atoms. The Bertz CT molecular complexity index is 558. The average molecular weight is 296 g/mol. The molecule has 3 rings (SSSR count). The predicted octanol–water partition coefficient (Wildman–Crippen LogP) is 3.40. The fraction of sp³-hybridized carbons (Fsp3) is 0.692. The smallest absolute Gasteiger partial charge is 0.214 e. The minimum absolute atomic E-state index is 0.0813. The van der Waals surface area contributed by atoms with Gasteiger partial charge in [-0.05, 0) is 19.1 Å². The SMILES string of the molecule is CSC1(CNc2nn3cc(C(C)(C)C)nc3s2)CC1. The summed E-state index contributed by atoms with van der Waals surface area (Å²) in [7, 11) is 0. The van der Waals surface area contributed by atoms with Crippen molar-refractivity contribution in [3.05, 3.63) is 11.9 Å². The zero-order valence-corrected chi connectivity index (χ0v) is 13.5. The van der Waals surface area contributed by atoms with Gasteiger partial charge in [-0.15, -0.1) is 5.10 Å². The maximum atomic E-state index is 4.66. The van der Waals surface area contributed by atoms with Gasteiger partial charge in [0.1, 0.15) is 0 Å². The van der Waals surface area contributed by atoms with Gasteiger partial charge in [0.05, 0.1) is 11.9 Å². The third-order valence-electron chi connectivity index (χ3n) is 3.61. The highest BCUT2D eigenvalue weighted by atomic mass is 32.2. The zero-order chi connectivity index (χ0) is 13.7. The molecule has 1 saturated carbocycles. The molecule has 19 heavy (non-hydrogen) atoms. The van der Waals surface area contributed by atoms with E-state index in [9.17, 15) is 0 Å². The molecular formula is C13H20N4S2. The van der Waals surface area contributed by atoms with E-state index in [0.29, 0.717) is 4.75 Å². The van der Waals surface area contributed by atoms with Gasteiger partial charge in [-0.2, -0.15) is 11.8 Å². The van der Waals surface area contributed by atoms with Crippen molar-refractivity contribution >= 4 is 33.2 Å². The highest BCUT2D eigenvalue weighted by molar-refractivity contribution is 8.00. The number of fused-ring (bicyclic) bond motifs is 1. The predicted molar refractivity (Wildman–Crippen MR) is 83.5 cm³/mol. The van der Waals surface area contributed by atoms with Crippen LogP contribution in [0.3, 0.4) is 0 Å². The van der Waals surface area contributed by atoms with Gasteiger partial charge in [-0.1, -0.05) is 32.1 Å². The molecule has 1 fully saturated rings. The van der Waals surface area contributed by atoms with Crippen LogP contribution in [0.1, 0.15) is 39.3 Å². The fourth-order valence-corrected chi connectivity index (χ4v) is 3.47. The first-order valence-electron chi connectivity index (χ1n) is 6.58. The molecule has 4 nitrogen and oxygen atoms in total. The average Bonchev–Trinajstić information content (AvgIpc) is 2.83. The van der Waals surface area contributed by atoms with Crippen LogP contribution in [0.15, 0.2) is 6.20 Å². The molecule has 0 radical (unpaired) electrons. The van der Waals surface area contributed by atoms with Crippen molar-refractivity contribution in [3.8, 4) is 0 Å². The normalized spacial score (nSPS) is 17.9. The van der Waals surface area contributed by atoms with Crippen molar-refractivity contribution in [2.45, 2.75) is 43.8 Å². The summed E-state index contributed by atoms with van der Waals surface area (Å²) in [4.78, 5) is 5.63. The number of hydrogen-bond acceptors (Lipinski definition) is 5. The highest BCUT2D eigenvalue weighted by Gasteiger charge is 2.41. The van der Waals surface area contributed by atoms with E-state index in [1.807, 2.05) is 22.5 Å². The van der Waals surface area contributed by atoms with E-state index in [0.717, 1.165) is 22.3 Å². The van der Waals surface area contributed by atoms with E-state index < -0.39 is 0 Å². The highest BCUT2D eigenvalue weighted by Crippen LogP contribution is 2.47. The first-order valence-corrected chi connectivity index (χ1v) is 8.62. The molecule has 6 heteroatoms.